The van der Waals surface area contributed by atoms with Gasteiger partial charge in [-0.1, -0.05) is 0 Å². The van der Waals surface area contributed by atoms with E-state index in [-0.39, 0.29) is 17.0 Å². The first-order valence-corrected chi connectivity index (χ1v) is 8.61. The number of nitrogens with zero attached hydrogens (tertiary/aromatic N) is 1. The molecule has 1 aromatic rings. The molecule has 0 amide bonds. The fraction of sp³-hybridized carbons (Fsp3) is 0.667. The summed E-state index contributed by atoms with van der Waals surface area (Å²) >= 11 is 1.26. The van der Waals surface area contributed by atoms with Gasteiger partial charge in [0.05, 0.1) is 11.5 Å². The summed E-state index contributed by atoms with van der Waals surface area (Å²) in [7, 11) is 0.506. The fourth-order valence-corrected chi connectivity index (χ4v) is 4.52. The van der Waals surface area contributed by atoms with Crippen molar-refractivity contribution in [1.82, 2.24) is 9.62 Å². The van der Waals surface area contributed by atoms with Crippen LogP contribution in [0, 0.1) is 0 Å². The van der Waals surface area contributed by atoms with Crippen LogP contribution in [0.5, 0.6) is 0 Å². The predicted octanol–water partition coefficient (Wildman–Crippen LogP) is 1.00. The van der Waals surface area contributed by atoms with E-state index < -0.39 is 10.0 Å². The highest BCUT2D eigenvalue weighted by atomic mass is 32.2. The molecule has 0 radical (unpaired) electrons. The Morgan fingerprint density at radius 1 is 1.47 bits per heavy atom. The molecule has 108 valence electrons. The van der Waals surface area contributed by atoms with Crippen molar-refractivity contribution in [2.24, 2.45) is 0 Å². The van der Waals surface area contributed by atoms with Gasteiger partial charge in [-0.25, -0.2) is 13.1 Å². The Morgan fingerprint density at radius 3 is 2.58 bits per heavy atom. The minimum atomic E-state index is -3.47. The van der Waals surface area contributed by atoms with Crippen molar-refractivity contribution in [3.63, 3.8) is 0 Å². The van der Waals surface area contributed by atoms with E-state index in [0.29, 0.717) is 11.4 Å². The van der Waals surface area contributed by atoms with Crippen molar-refractivity contribution in [3.8, 4) is 0 Å². The van der Waals surface area contributed by atoms with Crippen molar-refractivity contribution in [3.05, 3.63) is 16.3 Å². The van der Waals surface area contributed by atoms with Crippen molar-refractivity contribution >= 4 is 21.4 Å². The Bertz CT molecular complexity index is 533. The summed E-state index contributed by atoms with van der Waals surface area (Å²) in [5, 5.41) is 10.6. The smallest absolute Gasteiger partial charge is 0.241 e. The van der Waals surface area contributed by atoms with E-state index >= 15 is 0 Å². The zero-order chi connectivity index (χ0) is 14.1. The molecule has 1 fully saturated rings. The molecule has 0 spiro atoms. The molecular formula is C12H20N2O3S2. The Morgan fingerprint density at radius 2 is 2.16 bits per heavy atom. The van der Waals surface area contributed by atoms with Gasteiger partial charge in [-0.3, -0.25) is 0 Å². The van der Waals surface area contributed by atoms with Crippen LogP contribution in [-0.2, 0) is 16.6 Å². The summed E-state index contributed by atoms with van der Waals surface area (Å²) in [6.45, 7) is 0.314. The van der Waals surface area contributed by atoms with Gasteiger partial charge in [0.1, 0.15) is 0 Å². The lowest BCUT2D eigenvalue weighted by Crippen LogP contribution is -2.57. The summed E-state index contributed by atoms with van der Waals surface area (Å²) in [5.41, 5.74) is -0.0388. The number of aliphatic hydroxyl groups excluding tert-OH is 1. The van der Waals surface area contributed by atoms with Crippen LogP contribution in [0.25, 0.3) is 0 Å². The molecule has 2 N–H and O–H groups in total. The van der Waals surface area contributed by atoms with E-state index in [1.54, 1.807) is 5.38 Å². The highest BCUT2D eigenvalue weighted by molar-refractivity contribution is 7.89. The van der Waals surface area contributed by atoms with Crippen LogP contribution < -0.4 is 4.72 Å². The molecule has 2 rings (SSSR count). The first-order valence-electron chi connectivity index (χ1n) is 6.25. The van der Waals surface area contributed by atoms with Crippen LogP contribution >= 0.6 is 11.3 Å². The molecule has 1 saturated carbocycles. The van der Waals surface area contributed by atoms with Gasteiger partial charge in [-0.05, 0) is 39.4 Å². The standard InChI is InChI=1S/C12H20N2O3S2/c1-14(2)12(4-3-5-12)9-13-19(16,17)11-6-10(7-15)18-8-11/h6,8,13,15H,3-5,7,9H2,1-2H3. The molecule has 1 aromatic heterocycles. The average molecular weight is 304 g/mol. The van der Waals surface area contributed by atoms with Gasteiger partial charge in [0.2, 0.25) is 10.0 Å². The van der Waals surface area contributed by atoms with Gasteiger partial charge >= 0.3 is 0 Å². The van der Waals surface area contributed by atoms with E-state index in [2.05, 4.69) is 9.62 Å². The lowest BCUT2D eigenvalue weighted by Gasteiger charge is -2.47. The molecule has 7 heteroatoms. The Balaban J connectivity index is 2.05. The van der Waals surface area contributed by atoms with E-state index in [4.69, 9.17) is 5.11 Å². The highest BCUT2D eigenvalue weighted by Gasteiger charge is 2.39. The quantitative estimate of drug-likeness (QED) is 0.823. The van der Waals surface area contributed by atoms with Crippen LogP contribution in [0.1, 0.15) is 24.1 Å². The van der Waals surface area contributed by atoms with Crippen molar-refractivity contribution in [2.45, 2.75) is 36.3 Å². The average Bonchev–Trinajstić information content (AvgIpc) is 2.76. The Hall–Kier alpha value is -0.470. The first kappa shape index (κ1) is 14.9. The second-order valence-electron chi connectivity index (χ2n) is 5.20. The zero-order valence-corrected chi connectivity index (χ0v) is 12.9. The van der Waals surface area contributed by atoms with Gasteiger partial charge in [0.25, 0.3) is 0 Å². The van der Waals surface area contributed by atoms with Crippen LogP contribution in [0.2, 0.25) is 0 Å². The number of hydrogen-bond donors (Lipinski definition) is 2. The molecule has 5 nitrogen and oxygen atoms in total. The topological polar surface area (TPSA) is 69.6 Å². The van der Waals surface area contributed by atoms with Crippen molar-refractivity contribution in [2.75, 3.05) is 20.6 Å². The number of sulfonamides is 1. The monoisotopic (exact) mass is 304 g/mol. The lowest BCUT2D eigenvalue weighted by molar-refractivity contribution is 0.0657. The van der Waals surface area contributed by atoms with Gasteiger partial charge in [0.15, 0.2) is 0 Å². The maximum absolute atomic E-state index is 12.2. The number of likely N-dealkylation sites (N-methyl/N-ethyl adjacent to an activating group) is 1. The number of nitrogens with one attached hydrogen (secondary N) is 1. The summed E-state index contributed by atoms with van der Waals surface area (Å²) in [6, 6.07) is 1.52. The molecule has 0 unspecified atom stereocenters. The molecule has 1 aliphatic rings. The van der Waals surface area contributed by atoms with Crippen LogP contribution in [0.4, 0.5) is 0 Å². The minimum absolute atomic E-state index is 0.0388. The van der Waals surface area contributed by atoms with Crippen LogP contribution in [0.15, 0.2) is 16.3 Å². The number of aliphatic hydroxyl groups is 1. The minimum Gasteiger partial charge on any atom is -0.391 e. The molecule has 1 heterocycles. The molecule has 0 aliphatic heterocycles. The lowest BCUT2D eigenvalue weighted by atomic mass is 9.76. The van der Waals surface area contributed by atoms with Crippen LogP contribution in [-0.4, -0.2) is 44.6 Å². The summed E-state index contributed by atoms with van der Waals surface area (Å²) in [5.74, 6) is 0. The summed E-state index contributed by atoms with van der Waals surface area (Å²) < 4.78 is 27.0. The summed E-state index contributed by atoms with van der Waals surface area (Å²) in [6.07, 6.45) is 3.19. The second kappa shape index (κ2) is 5.49. The van der Waals surface area contributed by atoms with Gasteiger partial charge in [-0.15, -0.1) is 11.3 Å². The molecule has 0 aromatic carbocycles. The Kier molecular flexibility index (Phi) is 4.32. The zero-order valence-electron chi connectivity index (χ0n) is 11.2. The van der Waals surface area contributed by atoms with E-state index in [9.17, 15) is 8.42 Å². The van der Waals surface area contributed by atoms with E-state index in [1.165, 1.54) is 17.4 Å². The number of rotatable bonds is 6. The van der Waals surface area contributed by atoms with Gasteiger partial charge < -0.3 is 10.0 Å². The largest absolute Gasteiger partial charge is 0.391 e. The van der Waals surface area contributed by atoms with Crippen LogP contribution in [0.3, 0.4) is 0 Å². The predicted molar refractivity (Wildman–Crippen MR) is 75.7 cm³/mol. The maximum Gasteiger partial charge on any atom is 0.241 e. The first-order chi connectivity index (χ1) is 8.89. The Labute approximate surface area is 118 Å². The number of thiophene rings is 1. The van der Waals surface area contributed by atoms with Crippen molar-refractivity contribution < 1.29 is 13.5 Å². The molecule has 19 heavy (non-hydrogen) atoms. The van der Waals surface area contributed by atoms with Crippen molar-refractivity contribution in [1.29, 1.82) is 0 Å². The third kappa shape index (κ3) is 3.00. The highest BCUT2D eigenvalue weighted by Crippen LogP contribution is 2.35. The SMILES string of the molecule is CN(C)C1(CNS(=O)(=O)c2csc(CO)c2)CCC1. The third-order valence-corrected chi connectivity index (χ3v) is 6.37. The van der Waals surface area contributed by atoms with E-state index in [0.717, 1.165) is 19.3 Å². The molecule has 0 atom stereocenters. The number of hydrogen-bond acceptors (Lipinski definition) is 5. The van der Waals surface area contributed by atoms with Gasteiger partial charge in [0, 0.05) is 22.3 Å². The second-order valence-corrected chi connectivity index (χ2v) is 7.97. The molecule has 0 saturated heterocycles. The summed E-state index contributed by atoms with van der Waals surface area (Å²) in [4.78, 5) is 3.01. The molecule has 1 aliphatic carbocycles. The molecular weight excluding hydrogens is 284 g/mol. The third-order valence-electron chi connectivity index (χ3n) is 3.92. The van der Waals surface area contributed by atoms with Gasteiger partial charge in [-0.2, -0.15) is 0 Å². The maximum atomic E-state index is 12.2. The fourth-order valence-electron chi connectivity index (χ4n) is 2.26. The normalized spacial score (nSPS) is 18.5. The molecule has 0 bridgehead atoms. The van der Waals surface area contributed by atoms with E-state index in [1.807, 2.05) is 14.1 Å².